The highest BCUT2D eigenvalue weighted by Crippen LogP contribution is 2.63. The number of hydrogen-bond acceptors (Lipinski definition) is 10. The van der Waals surface area contributed by atoms with E-state index in [1.54, 1.807) is 7.05 Å². The Labute approximate surface area is 280 Å². The second-order valence-electron chi connectivity index (χ2n) is 12.6. The van der Waals surface area contributed by atoms with Crippen molar-refractivity contribution in [2.24, 2.45) is 17.3 Å². The molecule has 264 valence electrons. The van der Waals surface area contributed by atoms with E-state index in [-0.39, 0.29) is 12.0 Å². The number of benzene rings is 1. The van der Waals surface area contributed by atoms with Crippen LogP contribution in [0.2, 0.25) is 0 Å². The van der Waals surface area contributed by atoms with Gasteiger partial charge in [-0.1, -0.05) is 13.0 Å². The maximum atomic E-state index is 12.5. The van der Waals surface area contributed by atoms with Crippen molar-refractivity contribution in [1.29, 1.82) is 0 Å². The number of fused-ring (bicyclic) bond motifs is 5. The Kier molecular flexibility index (Phi) is 15.0. The molecule has 46 heavy (non-hydrogen) atoms. The Bertz CT molecular complexity index is 1170. The SMILES string of the molecule is CNC[C@H](O)[C@@H](O)[C@H](O)[C@H](O)CO.C[C@]12CC[C@@H]3c4ccc(OC(=O)N(CCCl)CCCl)cc4CC[C@H]3[C@@H]1CC[C@@H]2OP(=O)(O)O. The van der Waals surface area contributed by atoms with Crippen LogP contribution in [0.1, 0.15) is 56.1 Å². The molecular formula is C30H49Cl2N2O11P. The van der Waals surface area contributed by atoms with E-state index in [1.807, 2.05) is 12.1 Å². The number of ether oxygens (including phenoxy) is 1. The number of hydrogen-bond donors (Lipinski definition) is 8. The molecule has 13 nitrogen and oxygen atoms in total. The van der Waals surface area contributed by atoms with E-state index in [0.717, 1.165) is 32.1 Å². The number of aliphatic hydroxyl groups excluding tert-OH is 5. The average Bonchev–Trinajstić information content (AvgIpc) is 3.34. The van der Waals surface area contributed by atoms with E-state index < -0.39 is 51.0 Å². The number of aryl methyl sites for hydroxylation is 1. The number of alkyl halides is 2. The predicted octanol–water partition coefficient (Wildman–Crippen LogP) is 1.94. The first-order valence-corrected chi connectivity index (χ1v) is 18.2. The van der Waals surface area contributed by atoms with Crippen LogP contribution in [0.5, 0.6) is 5.75 Å². The summed E-state index contributed by atoms with van der Waals surface area (Å²) in [4.78, 5) is 32.7. The molecule has 3 aliphatic rings. The van der Waals surface area contributed by atoms with Crippen LogP contribution in [0, 0.1) is 17.3 Å². The van der Waals surface area contributed by atoms with Gasteiger partial charge in [0.2, 0.25) is 0 Å². The summed E-state index contributed by atoms with van der Waals surface area (Å²) in [6, 6.07) is 5.93. The molecule has 0 unspecified atom stereocenters. The lowest BCUT2D eigenvalue weighted by Crippen LogP contribution is -2.48. The highest BCUT2D eigenvalue weighted by molar-refractivity contribution is 7.46. The zero-order chi connectivity index (χ0) is 34.2. The van der Waals surface area contributed by atoms with Crippen molar-refractivity contribution in [1.82, 2.24) is 10.2 Å². The molecule has 1 aromatic rings. The minimum Gasteiger partial charge on any atom is -0.410 e. The van der Waals surface area contributed by atoms with Gasteiger partial charge in [-0.05, 0) is 92.0 Å². The van der Waals surface area contributed by atoms with Crippen LogP contribution in [0.4, 0.5) is 4.79 Å². The lowest BCUT2D eigenvalue weighted by Gasteiger charge is -2.50. The summed E-state index contributed by atoms with van der Waals surface area (Å²) in [5, 5.41) is 47.5. The topological polar surface area (TPSA) is 209 Å². The Morgan fingerprint density at radius 3 is 2.30 bits per heavy atom. The van der Waals surface area contributed by atoms with Gasteiger partial charge < -0.3 is 50.3 Å². The third kappa shape index (κ3) is 9.77. The monoisotopic (exact) mass is 714 g/mol. The molecule has 0 aliphatic heterocycles. The number of likely N-dealkylation sites (N-methyl/N-ethyl adjacent to an activating group) is 1. The standard InChI is InChI=1S/C23H32Cl2NO6P.C7H17NO5/c1-23-9-8-18-17-5-3-16(31-22(27)26(12-10-24)13-11-25)14-15(17)2-4-19(18)20(23)6-7-21(23)32-33(28,29)30;1-8-2-4(10)6(12)7(13)5(11)3-9/h3,5,14,18-21H,2,4,6-13H2,1H3,(H2,28,29,30);4-13H,2-3H2,1H3/t18-,19-,20+,21+,23+;4-,5+,6+,7+/m10/s1. The van der Waals surface area contributed by atoms with Gasteiger partial charge in [0.15, 0.2) is 0 Å². The van der Waals surface area contributed by atoms with Crippen LogP contribution in [-0.2, 0) is 15.5 Å². The van der Waals surface area contributed by atoms with Crippen LogP contribution < -0.4 is 10.1 Å². The minimum atomic E-state index is -4.50. The first-order valence-electron chi connectivity index (χ1n) is 15.6. The number of carbonyl (C=O) groups excluding carboxylic acids is 1. The number of rotatable bonds is 13. The Balaban J connectivity index is 0.000000376. The maximum Gasteiger partial charge on any atom is 0.469 e. The molecule has 16 heteroatoms. The summed E-state index contributed by atoms with van der Waals surface area (Å²) < 4.78 is 22.3. The molecule has 9 atom stereocenters. The summed E-state index contributed by atoms with van der Waals surface area (Å²) in [6.45, 7) is 2.34. The van der Waals surface area contributed by atoms with Crippen LogP contribution in [-0.4, -0.2) is 122 Å². The fraction of sp³-hybridized carbons (Fsp3) is 0.767. The molecule has 4 rings (SSSR count). The van der Waals surface area contributed by atoms with E-state index in [0.29, 0.717) is 54.8 Å². The van der Waals surface area contributed by atoms with Crippen LogP contribution in [0.25, 0.3) is 0 Å². The second-order valence-corrected chi connectivity index (χ2v) is 14.5. The van der Waals surface area contributed by atoms with E-state index >= 15 is 0 Å². The van der Waals surface area contributed by atoms with Gasteiger partial charge >= 0.3 is 13.9 Å². The van der Waals surface area contributed by atoms with Crippen molar-refractivity contribution in [3.63, 3.8) is 0 Å². The fourth-order valence-corrected chi connectivity index (χ4v) is 8.56. The van der Waals surface area contributed by atoms with Gasteiger partial charge in [-0.3, -0.25) is 4.52 Å². The Hall–Kier alpha value is -1.06. The molecular weight excluding hydrogens is 666 g/mol. The van der Waals surface area contributed by atoms with E-state index in [9.17, 15) is 24.3 Å². The van der Waals surface area contributed by atoms with Gasteiger partial charge in [-0.15, -0.1) is 23.2 Å². The Morgan fingerprint density at radius 2 is 1.72 bits per heavy atom. The third-order valence-corrected chi connectivity index (χ3v) is 10.7. The normalized spacial score (nSPS) is 28.0. The summed E-state index contributed by atoms with van der Waals surface area (Å²) >= 11 is 11.6. The third-order valence-electron chi connectivity index (χ3n) is 9.79. The second kappa shape index (κ2) is 17.6. The zero-order valence-corrected chi connectivity index (χ0v) is 28.7. The molecule has 2 fully saturated rings. The molecule has 0 aromatic heterocycles. The predicted molar refractivity (Wildman–Crippen MR) is 172 cm³/mol. The van der Waals surface area contributed by atoms with Crippen LogP contribution >= 0.6 is 31.0 Å². The van der Waals surface area contributed by atoms with Crippen LogP contribution in [0.15, 0.2) is 18.2 Å². The number of carbonyl (C=O) groups is 1. The lowest BCUT2D eigenvalue weighted by molar-refractivity contribution is -0.113. The van der Waals surface area contributed by atoms with E-state index in [4.69, 9.17) is 52.9 Å². The zero-order valence-electron chi connectivity index (χ0n) is 26.2. The molecule has 0 bridgehead atoms. The molecule has 1 amide bonds. The first-order chi connectivity index (χ1) is 21.7. The number of nitrogens with one attached hydrogen (secondary N) is 1. The van der Waals surface area contributed by atoms with Crippen molar-refractivity contribution in [2.75, 3.05) is 45.0 Å². The number of halogens is 2. The molecule has 0 heterocycles. The Morgan fingerprint density at radius 1 is 1.07 bits per heavy atom. The summed E-state index contributed by atoms with van der Waals surface area (Å²) in [6.07, 6.45) is -1.10. The summed E-state index contributed by atoms with van der Waals surface area (Å²) in [5.74, 6) is 2.44. The minimum absolute atomic E-state index is 0.0936. The van der Waals surface area contributed by atoms with Crippen molar-refractivity contribution >= 4 is 37.1 Å². The van der Waals surface area contributed by atoms with Gasteiger partial charge in [0, 0.05) is 31.4 Å². The van der Waals surface area contributed by atoms with E-state index in [1.165, 1.54) is 16.0 Å². The molecule has 1 aromatic carbocycles. The highest BCUT2D eigenvalue weighted by Gasteiger charge is 2.56. The van der Waals surface area contributed by atoms with Crippen molar-refractivity contribution in [3.8, 4) is 5.75 Å². The average molecular weight is 716 g/mol. The molecule has 0 radical (unpaired) electrons. The van der Waals surface area contributed by atoms with Crippen molar-refractivity contribution in [2.45, 2.75) is 81.9 Å². The fourth-order valence-electron chi connectivity index (χ4n) is 7.47. The summed E-state index contributed by atoms with van der Waals surface area (Å²) in [7, 11) is -2.93. The first kappa shape index (κ1) is 39.4. The van der Waals surface area contributed by atoms with Gasteiger partial charge in [0.25, 0.3) is 0 Å². The molecule has 0 spiro atoms. The summed E-state index contributed by atoms with van der Waals surface area (Å²) in [5.41, 5.74) is 2.32. The number of amides is 1. The van der Waals surface area contributed by atoms with Crippen molar-refractivity contribution < 1.29 is 53.9 Å². The van der Waals surface area contributed by atoms with Gasteiger partial charge in [-0.2, -0.15) is 0 Å². The lowest BCUT2D eigenvalue weighted by atomic mass is 9.55. The largest absolute Gasteiger partial charge is 0.469 e. The maximum absolute atomic E-state index is 12.5. The quantitative estimate of drug-likeness (QED) is 0.109. The van der Waals surface area contributed by atoms with Crippen molar-refractivity contribution in [3.05, 3.63) is 29.3 Å². The molecule has 2 saturated carbocycles. The van der Waals surface area contributed by atoms with E-state index in [2.05, 4.69) is 18.3 Å². The van der Waals surface area contributed by atoms with Crippen LogP contribution in [0.3, 0.4) is 0 Å². The number of phosphoric acid groups is 1. The van der Waals surface area contributed by atoms with Gasteiger partial charge in [-0.25, -0.2) is 9.36 Å². The number of aliphatic hydroxyl groups is 5. The highest BCUT2D eigenvalue weighted by atomic mass is 35.5. The number of phosphoric ester groups is 1. The van der Waals surface area contributed by atoms with Gasteiger partial charge in [0.1, 0.15) is 24.1 Å². The van der Waals surface area contributed by atoms with Gasteiger partial charge in [0.05, 0.1) is 18.8 Å². The molecule has 8 N–H and O–H groups in total. The molecule has 3 aliphatic carbocycles. The smallest absolute Gasteiger partial charge is 0.410 e. The number of nitrogens with zero attached hydrogens (tertiary/aromatic N) is 1. The molecule has 0 saturated heterocycles.